The van der Waals surface area contributed by atoms with Crippen LogP contribution in [0.3, 0.4) is 0 Å². The first-order chi connectivity index (χ1) is 8.25. The van der Waals surface area contributed by atoms with Gasteiger partial charge in [0.25, 0.3) is 0 Å². The third kappa shape index (κ3) is 37.0. The summed E-state index contributed by atoms with van der Waals surface area (Å²) in [6.45, 7) is 0. The molecule has 4 atom stereocenters. The van der Waals surface area contributed by atoms with Crippen molar-refractivity contribution in [3.8, 4) is 0 Å². The topological polar surface area (TPSA) is 157 Å². The molecule has 10 nitrogen and oxygen atoms in total. The molecule has 0 bridgehead atoms. The van der Waals surface area contributed by atoms with Crippen molar-refractivity contribution in [1.29, 1.82) is 0 Å². The van der Waals surface area contributed by atoms with Gasteiger partial charge in [0.15, 0.2) is 22.2 Å². The Morgan fingerprint density at radius 3 is 1.20 bits per heavy atom. The minimum absolute atomic E-state index is 0. The maximum Gasteiger partial charge on any atom is 1.00 e. The fourth-order valence-electron chi connectivity index (χ4n) is 0.310. The Bertz CT molecular complexity index is 263. The van der Waals surface area contributed by atoms with Crippen molar-refractivity contribution >= 4 is 44.3 Å². The monoisotopic (exact) mass is 390 g/mol. The average molecular weight is 390 g/mol. The zero-order valence-corrected chi connectivity index (χ0v) is 18.6. The van der Waals surface area contributed by atoms with Crippen molar-refractivity contribution in [2.75, 3.05) is 24.3 Å². The van der Waals surface area contributed by atoms with Crippen molar-refractivity contribution in [1.82, 2.24) is 11.0 Å². The third-order valence-corrected chi connectivity index (χ3v) is 2.12. The summed E-state index contributed by atoms with van der Waals surface area (Å²) in [5.41, 5.74) is 3.94. The van der Waals surface area contributed by atoms with Crippen LogP contribution >= 0.6 is 0 Å². The van der Waals surface area contributed by atoms with Gasteiger partial charge in [0.05, 0.1) is 11.8 Å². The largest absolute Gasteiger partial charge is 1.00 e. The van der Waals surface area contributed by atoms with E-state index < -0.39 is 44.3 Å². The molecule has 4 unspecified atom stereocenters. The summed E-state index contributed by atoms with van der Waals surface area (Å²) < 4.78 is 67.4. The Hall–Kier alpha value is 2.36. The van der Waals surface area contributed by atoms with E-state index >= 15 is 0 Å². The zero-order chi connectivity index (χ0) is 14.6. The molecule has 2 N–H and O–H groups in total. The first-order valence-corrected chi connectivity index (χ1v) is 9.30. The van der Waals surface area contributed by atoms with Gasteiger partial charge < -0.3 is 9.11 Å². The van der Waals surface area contributed by atoms with Gasteiger partial charge in [-0.2, -0.15) is 11.0 Å². The molecule has 0 aromatic rings. The van der Waals surface area contributed by atoms with Crippen LogP contribution in [-0.4, -0.2) is 50.2 Å². The third-order valence-electron chi connectivity index (χ3n) is 0.706. The molecule has 0 radical (unpaired) electrons. The van der Waals surface area contributed by atoms with Gasteiger partial charge in [-0.15, -0.1) is 0 Å². The smallest absolute Gasteiger partial charge is 0.771 e. The van der Waals surface area contributed by atoms with Gasteiger partial charge in [0, 0.05) is 12.5 Å². The molecule has 0 fully saturated rings. The zero-order valence-electron chi connectivity index (χ0n) is 11.3. The number of rotatable bonds is 8. The number of hydrogen-bond acceptors (Lipinski definition) is 10. The number of nitrogens with one attached hydrogen (secondary N) is 2. The van der Waals surface area contributed by atoms with Crippen LogP contribution in [0.1, 0.15) is 0 Å². The van der Waals surface area contributed by atoms with Crippen LogP contribution in [0.2, 0.25) is 0 Å². The van der Waals surface area contributed by atoms with E-state index in [1.54, 1.807) is 0 Å². The summed E-state index contributed by atoms with van der Waals surface area (Å²) >= 11 is -7.34. The minimum Gasteiger partial charge on any atom is -0.771 e. The number of hydroxylamine groups is 2. The van der Waals surface area contributed by atoms with Crippen molar-refractivity contribution < 1.29 is 93.6 Å². The Morgan fingerprint density at radius 1 is 0.800 bits per heavy atom. The van der Waals surface area contributed by atoms with Crippen LogP contribution in [0.25, 0.3) is 0 Å². The second-order valence-electron chi connectivity index (χ2n) is 2.15. The molecule has 0 saturated carbocycles. The van der Waals surface area contributed by atoms with Gasteiger partial charge in [-0.3, -0.25) is 8.42 Å². The standard InChI is InChI=1S/2C2H7NO4S2.2Na/c2*1-8(4)7-3-2-9(5)6;;/h2*3H,2H2,1H3,(H,5,6);;/q;;2*+1/p-2. The summed E-state index contributed by atoms with van der Waals surface area (Å²) in [5.74, 6) is -0.695. The van der Waals surface area contributed by atoms with Gasteiger partial charge in [0.2, 0.25) is 0 Å². The summed E-state index contributed by atoms with van der Waals surface area (Å²) in [6.07, 6.45) is 2.56. The van der Waals surface area contributed by atoms with Crippen LogP contribution in [0, 0.1) is 0 Å². The van der Waals surface area contributed by atoms with E-state index in [-0.39, 0.29) is 70.9 Å². The predicted octanol–water partition coefficient (Wildman–Crippen LogP) is -8.72. The van der Waals surface area contributed by atoms with E-state index in [1.165, 1.54) is 12.5 Å². The molecule has 0 heterocycles. The van der Waals surface area contributed by atoms with E-state index in [1.807, 2.05) is 11.0 Å². The molecule has 0 aromatic heterocycles. The second-order valence-corrected chi connectivity index (χ2v) is 5.89. The molecular weight excluding hydrogens is 378 g/mol. The fraction of sp³-hybridized carbons (Fsp3) is 1.00. The van der Waals surface area contributed by atoms with Crippen LogP contribution in [0.15, 0.2) is 0 Å². The van der Waals surface area contributed by atoms with Crippen molar-refractivity contribution in [3.63, 3.8) is 0 Å². The molecule has 0 aromatic carbocycles. The van der Waals surface area contributed by atoms with Crippen molar-refractivity contribution in [2.24, 2.45) is 0 Å². The maximum atomic E-state index is 10.1. The Morgan fingerprint density at radius 2 is 1.05 bits per heavy atom. The van der Waals surface area contributed by atoms with Crippen LogP contribution < -0.4 is 70.1 Å². The normalized spacial score (nSPS) is 15.4. The fourth-order valence-corrected chi connectivity index (χ4v) is 1.22. The molecule has 0 spiro atoms. The average Bonchev–Trinajstić information content (AvgIpc) is 2.15. The molecule has 0 rings (SSSR count). The first-order valence-electron chi connectivity index (χ1n) is 3.84. The molecular formula is C4H12N2Na2O8S4. The minimum atomic E-state index is -2.20. The van der Waals surface area contributed by atoms with Crippen LogP contribution in [0.4, 0.5) is 0 Å². The summed E-state index contributed by atoms with van der Waals surface area (Å²) in [6, 6.07) is 0. The molecule has 0 saturated heterocycles. The van der Waals surface area contributed by atoms with E-state index in [9.17, 15) is 25.9 Å². The number of hydrogen-bond donors (Lipinski definition) is 2. The maximum absolute atomic E-state index is 10.1. The molecule has 0 aliphatic heterocycles. The predicted molar refractivity (Wildman–Crippen MR) is 64.1 cm³/mol. The second kappa shape index (κ2) is 21.4. The molecule has 16 heteroatoms. The molecule has 112 valence electrons. The Kier molecular flexibility index (Phi) is 32.3. The summed E-state index contributed by atoms with van der Waals surface area (Å²) in [4.78, 5) is 0. The van der Waals surface area contributed by atoms with E-state index in [0.717, 1.165) is 0 Å². The van der Waals surface area contributed by atoms with E-state index in [2.05, 4.69) is 8.57 Å². The van der Waals surface area contributed by atoms with E-state index in [4.69, 9.17) is 0 Å². The van der Waals surface area contributed by atoms with Crippen molar-refractivity contribution in [2.45, 2.75) is 0 Å². The molecule has 0 aliphatic carbocycles. The van der Waals surface area contributed by atoms with E-state index in [0.29, 0.717) is 0 Å². The first kappa shape index (κ1) is 30.3. The Labute approximate surface area is 171 Å². The Balaban J connectivity index is -0.000000116. The van der Waals surface area contributed by atoms with Gasteiger partial charge in [-0.1, -0.05) is 0 Å². The molecule has 0 aliphatic rings. The molecule has 0 amide bonds. The van der Waals surface area contributed by atoms with Crippen molar-refractivity contribution in [3.05, 3.63) is 0 Å². The van der Waals surface area contributed by atoms with Gasteiger partial charge in [-0.25, -0.2) is 17.0 Å². The summed E-state index contributed by atoms with van der Waals surface area (Å²) in [5, 5.41) is 0. The van der Waals surface area contributed by atoms with Crippen LogP contribution in [0.5, 0.6) is 0 Å². The SMILES string of the molecule is CS(=O)ONCS(=O)[O-].CS(=O)ONCS(=O)[O-].[Na+].[Na+]. The van der Waals surface area contributed by atoms with Crippen LogP contribution in [-0.2, 0) is 52.9 Å². The summed E-state index contributed by atoms with van der Waals surface area (Å²) in [7, 11) is 0. The van der Waals surface area contributed by atoms with Gasteiger partial charge in [-0.05, 0) is 22.2 Å². The van der Waals surface area contributed by atoms with Gasteiger partial charge in [0.1, 0.15) is 0 Å². The quantitative estimate of drug-likeness (QED) is 0.232. The van der Waals surface area contributed by atoms with Gasteiger partial charge >= 0.3 is 59.1 Å². The molecule has 20 heavy (non-hydrogen) atoms.